The number of benzene rings is 1. The van der Waals surface area contributed by atoms with Gasteiger partial charge in [0.15, 0.2) is 0 Å². The minimum atomic E-state index is -0.418. The van der Waals surface area contributed by atoms with Crippen LogP contribution in [0.5, 0.6) is 5.75 Å². The number of hydrogen-bond acceptors (Lipinski definition) is 2. The van der Waals surface area contributed by atoms with E-state index in [1.807, 2.05) is 12.1 Å². The summed E-state index contributed by atoms with van der Waals surface area (Å²) in [4.78, 5) is 0. The highest BCUT2D eigenvalue weighted by Crippen LogP contribution is 2.42. The molecule has 1 aromatic carbocycles. The van der Waals surface area contributed by atoms with E-state index in [9.17, 15) is 5.11 Å². The van der Waals surface area contributed by atoms with Crippen LogP contribution in [0, 0.1) is 5.92 Å². The van der Waals surface area contributed by atoms with Crippen LogP contribution < -0.4 is 4.74 Å². The van der Waals surface area contributed by atoms with Crippen LogP contribution in [-0.4, -0.2) is 11.7 Å². The Kier molecular flexibility index (Phi) is 2.56. The maximum absolute atomic E-state index is 10.2. The zero-order valence-corrected chi connectivity index (χ0v) is 9.83. The summed E-state index contributed by atoms with van der Waals surface area (Å²) in [5.41, 5.74) is 2.02. The van der Waals surface area contributed by atoms with Gasteiger partial charge >= 0.3 is 0 Å². The van der Waals surface area contributed by atoms with Gasteiger partial charge < -0.3 is 9.84 Å². The molecule has 1 atom stereocenters. The van der Waals surface area contributed by atoms with Crippen molar-refractivity contribution in [2.75, 3.05) is 6.61 Å². The van der Waals surface area contributed by atoms with Crippen molar-refractivity contribution in [3.05, 3.63) is 28.3 Å². The number of aliphatic hydroxyl groups excluding tert-OH is 1. The van der Waals surface area contributed by atoms with Crippen LogP contribution in [-0.2, 0) is 6.42 Å². The molecular weight excluding hydrogens is 224 g/mol. The Balaban J connectivity index is 1.92. The van der Waals surface area contributed by atoms with Gasteiger partial charge in [-0.25, -0.2) is 0 Å². The maximum atomic E-state index is 10.2. The highest BCUT2D eigenvalue weighted by Gasteiger charge is 2.28. The SMILES string of the molecule is OC(CC1CC1)c1cc(Cl)cc2c1OCC2. The van der Waals surface area contributed by atoms with Gasteiger partial charge in [-0.3, -0.25) is 0 Å². The maximum Gasteiger partial charge on any atom is 0.128 e. The van der Waals surface area contributed by atoms with Gasteiger partial charge in [-0.1, -0.05) is 24.4 Å². The molecule has 1 saturated carbocycles. The first-order valence-electron chi connectivity index (χ1n) is 5.87. The molecule has 1 aromatic rings. The largest absolute Gasteiger partial charge is 0.493 e. The van der Waals surface area contributed by atoms with Gasteiger partial charge in [-0.05, 0) is 30.0 Å². The highest BCUT2D eigenvalue weighted by molar-refractivity contribution is 6.30. The third-order valence-corrected chi connectivity index (χ3v) is 3.61. The first-order valence-corrected chi connectivity index (χ1v) is 6.25. The fraction of sp³-hybridized carbons (Fsp3) is 0.538. The van der Waals surface area contributed by atoms with Crippen molar-refractivity contribution in [2.45, 2.75) is 31.8 Å². The van der Waals surface area contributed by atoms with E-state index >= 15 is 0 Å². The highest BCUT2D eigenvalue weighted by atomic mass is 35.5. The topological polar surface area (TPSA) is 29.5 Å². The molecule has 1 fully saturated rings. The fourth-order valence-corrected chi connectivity index (χ4v) is 2.59. The van der Waals surface area contributed by atoms with E-state index in [2.05, 4.69) is 0 Å². The fourth-order valence-electron chi connectivity index (χ4n) is 2.34. The molecule has 0 amide bonds. The van der Waals surface area contributed by atoms with Crippen LogP contribution in [0.2, 0.25) is 5.02 Å². The zero-order chi connectivity index (χ0) is 11.1. The van der Waals surface area contributed by atoms with E-state index in [0.717, 1.165) is 29.7 Å². The van der Waals surface area contributed by atoms with E-state index in [1.54, 1.807) is 0 Å². The monoisotopic (exact) mass is 238 g/mol. The molecule has 2 nitrogen and oxygen atoms in total. The van der Waals surface area contributed by atoms with E-state index < -0.39 is 6.10 Å². The molecule has 0 aromatic heterocycles. The molecule has 0 saturated heterocycles. The van der Waals surface area contributed by atoms with Crippen LogP contribution >= 0.6 is 11.6 Å². The molecular formula is C13H15ClO2. The second-order valence-corrected chi connectivity index (χ2v) is 5.21. The lowest BCUT2D eigenvalue weighted by Gasteiger charge is -2.14. The first kappa shape index (κ1) is 10.4. The molecule has 1 aliphatic heterocycles. The molecule has 1 heterocycles. The average Bonchev–Trinajstić information content (AvgIpc) is 2.93. The molecule has 16 heavy (non-hydrogen) atoms. The van der Waals surface area contributed by atoms with Crippen LogP contribution in [0.15, 0.2) is 12.1 Å². The van der Waals surface area contributed by atoms with E-state index in [0.29, 0.717) is 17.5 Å². The molecule has 3 heteroatoms. The Bertz CT molecular complexity index is 413. The summed E-state index contributed by atoms with van der Waals surface area (Å²) in [6, 6.07) is 3.79. The lowest BCUT2D eigenvalue weighted by Crippen LogP contribution is -2.01. The minimum absolute atomic E-state index is 0.418. The molecule has 0 spiro atoms. The Morgan fingerprint density at radius 1 is 1.44 bits per heavy atom. The summed E-state index contributed by atoms with van der Waals surface area (Å²) in [7, 11) is 0. The molecule has 1 unspecified atom stereocenters. The summed E-state index contributed by atoms with van der Waals surface area (Å²) in [6.07, 6.45) is 3.83. The number of aliphatic hydroxyl groups is 1. The Labute approximate surface area is 100 Å². The average molecular weight is 239 g/mol. The molecule has 2 aliphatic rings. The second-order valence-electron chi connectivity index (χ2n) is 4.78. The van der Waals surface area contributed by atoms with Crippen molar-refractivity contribution in [1.82, 2.24) is 0 Å². The lowest BCUT2D eigenvalue weighted by molar-refractivity contribution is 0.156. The van der Waals surface area contributed by atoms with Crippen molar-refractivity contribution in [3.8, 4) is 5.75 Å². The van der Waals surface area contributed by atoms with Gasteiger partial charge in [0.25, 0.3) is 0 Å². The normalized spacial score (nSPS) is 20.4. The third-order valence-electron chi connectivity index (χ3n) is 3.39. The van der Waals surface area contributed by atoms with Gasteiger partial charge in [0.1, 0.15) is 5.75 Å². The summed E-state index contributed by atoms with van der Waals surface area (Å²) in [5.74, 6) is 1.57. The predicted octanol–water partition coefficient (Wildman–Crippen LogP) is 3.11. The molecule has 1 aliphatic carbocycles. The van der Waals surface area contributed by atoms with Gasteiger partial charge in [0.2, 0.25) is 0 Å². The zero-order valence-electron chi connectivity index (χ0n) is 9.08. The summed E-state index contributed by atoms with van der Waals surface area (Å²) >= 11 is 6.06. The van der Waals surface area contributed by atoms with Gasteiger partial charge in [-0.15, -0.1) is 0 Å². The smallest absolute Gasteiger partial charge is 0.128 e. The molecule has 1 N–H and O–H groups in total. The van der Waals surface area contributed by atoms with Crippen LogP contribution in [0.1, 0.15) is 36.5 Å². The van der Waals surface area contributed by atoms with Crippen molar-refractivity contribution in [2.24, 2.45) is 5.92 Å². The predicted molar refractivity (Wildman–Crippen MR) is 63.0 cm³/mol. The van der Waals surface area contributed by atoms with E-state index in [1.165, 1.54) is 12.8 Å². The number of halogens is 1. The Morgan fingerprint density at radius 3 is 3.00 bits per heavy atom. The molecule has 0 radical (unpaired) electrons. The molecule has 86 valence electrons. The number of rotatable bonds is 3. The van der Waals surface area contributed by atoms with E-state index in [-0.39, 0.29) is 0 Å². The molecule has 0 bridgehead atoms. The van der Waals surface area contributed by atoms with Crippen LogP contribution in [0.3, 0.4) is 0 Å². The standard InChI is InChI=1S/C13H15ClO2/c14-10-6-9-3-4-16-13(9)11(7-10)12(15)5-8-1-2-8/h6-8,12,15H,1-5H2. The molecule has 3 rings (SSSR count). The minimum Gasteiger partial charge on any atom is -0.493 e. The number of fused-ring (bicyclic) bond motifs is 1. The van der Waals surface area contributed by atoms with E-state index in [4.69, 9.17) is 16.3 Å². The number of ether oxygens (including phenoxy) is 1. The number of hydrogen-bond donors (Lipinski definition) is 1. The first-order chi connectivity index (χ1) is 7.74. The summed E-state index contributed by atoms with van der Waals surface area (Å²) < 4.78 is 5.59. The summed E-state index contributed by atoms with van der Waals surface area (Å²) in [6.45, 7) is 0.707. The van der Waals surface area contributed by atoms with Gasteiger partial charge in [-0.2, -0.15) is 0 Å². The lowest BCUT2D eigenvalue weighted by atomic mass is 10.00. The summed E-state index contributed by atoms with van der Waals surface area (Å²) in [5, 5.41) is 10.9. The quantitative estimate of drug-likeness (QED) is 0.877. The second kappa shape index (κ2) is 3.94. The van der Waals surface area contributed by atoms with Gasteiger partial charge in [0.05, 0.1) is 12.7 Å². The van der Waals surface area contributed by atoms with Crippen molar-refractivity contribution < 1.29 is 9.84 Å². The van der Waals surface area contributed by atoms with Crippen molar-refractivity contribution in [1.29, 1.82) is 0 Å². The third kappa shape index (κ3) is 1.92. The van der Waals surface area contributed by atoms with Crippen LogP contribution in [0.25, 0.3) is 0 Å². The van der Waals surface area contributed by atoms with Crippen molar-refractivity contribution in [3.63, 3.8) is 0 Å². The van der Waals surface area contributed by atoms with Crippen molar-refractivity contribution >= 4 is 11.6 Å². The Morgan fingerprint density at radius 2 is 2.25 bits per heavy atom. The Hall–Kier alpha value is -0.730. The van der Waals surface area contributed by atoms with Gasteiger partial charge in [0, 0.05) is 17.0 Å². The van der Waals surface area contributed by atoms with Crippen LogP contribution in [0.4, 0.5) is 0 Å².